The van der Waals surface area contributed by atoms with Crippen molar-refractivity contribution in [3.05, 3.63) is 62.8 Å². The minimum Gasteiger partial charge on any atom is -0.294 e. The smallest absolute Gasteiger partial charge is 0.294 e. The Morgan fingerprint density at radius 3 is 2.22 bits per heavy atom. The van der Waals surface area contributed by atoms with Crippen molar-refractivity contribution in [3.8, 4) is 0 Å². The first-order valence-electron chi connectivity index (χ1n) is 6.15. The van der Waals surface area contributed by atoms with Gasteiger partial charge in [-0.25, -0.2) is 9.18 Å². The van der Waals surface area contributed by atoms with E-state index in [-0.39, 0.29) is 21.3 Å². The second kappa shape index (κ2) is 7.50. The highest BCUT2D eigenvalue weighted by Crippen LogP contribution is 2.32. The van der Waals surface area contributed by atoms with Crippen molar-refractivity contribution in [1.29, 1.82) is 0 Å². The molecular formula is C14H9Cl3FN3O2. The largest absolute Gasteiger partial charge is 0.340 e. The van der Waals surface area contributed by atoms with Crippen LogP contribution in [0.25, 0.3) is 0 Å². The molecule has 0 heterocycles. The van der Waals surface area contributed by atoms with E-state index in [0.717, 1.165) is 6.07 Å². The van der Waals surface area contributed by atoms with Gasteiger partial charge in [0, 0.05) is 5.02 Å². The molecule has 0 saturated carbocycles. The second-order valence-electron chi connectivity index (χ2n) is 4.26. The molecule has 5 nitrogen and oxygen atoms in total. The van der Waals surface area contributed by atoms with Crippen LogP contribution in [0.1, 0.15) is 10.4 Å². The lowest BCUT2D eigenvalue weighted by Crippen LogP contribution is -2.42. The number of carbonyl (C=O) groups excluding carboxylic acids is 2. The molecule has 2 rings (SSSR count). The Labute approximate surface area is 145 Å². The first-order chi connectivity index (χ1) is 10.9. The van der Waals surface area contributed by atoms with E-state index in [4.69, 9.17) is 34.8 Å². The number of imide groups is 1. The van der Waals surface area contributed by atoms with Crippen LogP contribution in [0.5, 0.6) is 0 Å². The van der Waals surface area contributed by atoms with Crippen molar-refractivity contribution in [2.24, 2.45) is 0 Å². The molecule has 0 bridgehead atoms. The summed E-state index contributed by atoms with van der Waals surface area (Å²) in [6.07, 6.45) is 0. The summed E-state index contributed by atoms with van der Waals surface area (Å²) in [4.78, 5) is 23.4. The molecule has 0 saturated heterocycles. The zero-order chi connectivity index (χ0) is 17.0. The number of benzene rings is 2. The number of hydrogen-bond acceptors (Lipinski definition) is 3. The molecule has 0 aromatic heterocycles. The first kappa shape index (κ1) is 17.3. The maximum Gasteiger partial charge on any atom is 0.340 e. The molecule has 2 aromatic rings. The van der Waals surface area contributed by atoms with Crippen LogP contribution in [0.3, 0.4) is 0 Å². The number of rotatable bonds is 3. The van der Waals surface area contributed by atoms with E-state index in [0.29, 0.717) is 5.02 Å². The van der Waals surface area contributed by atoms with Gasteiger partial charge in [-0.15, -0.1) is 0 Å². The van der Waals surface area contributed by atoms with E-state index in [1.807, 2.05) is 5.32 Å². The van der Waals surface area contributed by atoms with Gasteiger partial charge >= 0.3 is 6.03 Å². The number of hydrogen-bond donors (Lipinski definition) is 3. The Hall–Kier alpha value is -2.02. The number of urea groups is 1. The molecule has 23 heavy (non-hydrogen) atoms. The van der Waals surface area contributed by atoms with Gasteiger partial charge in [-0.05, 0) is 24.3 Å². The van der Waals surface area contributed by atoms with Gasteiger partial charge in [0.05, 0.1) is 21.3 Å². The van der Waals surface area contributed by atoms with E-state index in [2.05, 4.69) is 10.9 Å². The average Bonchev–Trinajstić information content (AvgIpc) is 2.46. The van der Waals surface area contributed by atoms with E-state index >= 15 is 0 Å². The van der Waals surface area contributed by atoms with Gasteiger partial charge in [-0.3, -0.25) is 21.0 Å². The fourth-order valence-electron chi connectivity index (χ4n) is 1.63. The molecule has 0 aliphatic heterocycles. The summed E-state index contributed by atoms with van der Waals surface area (Å²) in [6.45, 7) is 0. The minimum atomic E-state index is -0.916. The predicted molar refractivity (Wildman–Crippen MR) is 87.5 cm³/mol. The molecule has 0 radical (unpaired) electrons. The van der Waals surface area contributed by atoms with Crippen LogP contribution in [0, 0.1) is 5.82 Å². The van der Waals surface area contributed by atoms with E-state index in [9.17, 15) is 14.0 Å². The number of anilines is 1. The molecule has 3 N–H and O–H groups in total. The van der Waals surface area contributed by atoms with Crippen molar-refractivity contribution in [2.75, 3.05) is 5.43 Å². The van der Waals surface area contributed by atoms with Gasteiger partial charge in [0.15, 0.2) is 0 Å². The third-order valence-corrected chi connectivity index (χ3v) is 3.47. The van der Waals surface area contributed by atoms with Crippen LogP contribution in [0.15, 0.2) is 36.4 Å². The molecule has 9 heteroatoms. The number of nitrogens with one attached hydrogen (secondary N) is 3. The monoisotopic (exact) mass is 375 g/mol. The highest BCUT2D eigenvalue weighted by Gasteiger charge is 2.14. The van der Waals surface area contributed by atoms with Crippen LogP contribution in [-0.4, -0.2) is 11.9 Å². The molecule has 0 spiro atoms. The number of hydrazine groups is 1. The third kappa shape index (κ3) is 4.48. The van der Waals surface area contributed by atoms with Crippen molar-refractivity contribution < 1.29 is 14.0 Å². The summed E-state index contributed by atoms with van der Waals surface area (Å²) >= 11 is 17.6. The van der Waals surface area contributed by atoms with Crippen molar-refractivity contribution >= 4 is 52.4 Å². The standard InChI is InChI=1S/C14H9Cl3FN3O2/c15-7-5-9(16)12(10(17)6-7)20-21-14(23)19-13(22)8-3-1-2-4-11(8)18/h1-6,20H,(H2,19,21,22,23). The number of carbonyl (C=O) groups is 2. The summed E-state index contributed by atoms with van der Waals surface area (Å²) in [5, 5.41) is 2.62. The summed E-state index contributed by atoms with van der Waals surface area (Å²) in [6, 6.07) is 7.18. The number of halogens is 4. The van der Waals surface area contributed by atoms with E-state index in [1.165, 1.54) is 30.3 Å². The highest BCUT2D eigenvalue weighted by atomic mass is 35.5. The Kier molecular flexibility index (Phi) is 5.65. The molecule has 0 unspecified atom stereocenters. The average molecular weight is 377 g/mol. The van der Waals surface area contributed by atoms with Gasteiger partial charge in [-0.1, -0.05) is 46.9 Å². The maximum absolute atomic E-state index is 13.4. The van der Waals surface area contributed by atoms with Crippen LogP contribution in [0.4, 0.5) is 14.9 Å². The van der Waals surface area contributed by atoms with Crippen LogP contribution in [0.2, 0.25) is 15.1 Å². The van der Waals surface area contributed by atoms with Crippen LogP contribution < -0.4 is 16.2 Å². The lowest BCUT2D eigenvalue weighted by molar-refractivity contribution is 0.0960. The van der Waals surface area contributed by atoms with E-state index < -0.39 is 17.8 Å². The predicted octanol–water partition coefficient (Wildman–Crippen LogP) is 4.25. The lowest BCUT2D eigenvalue weighted by atomic mass is 10.2. The molecule has 2 aromatic carbocycles. The molecular weight excluding hydrogens is 368 g/mol. The topological polar surface area (TPSA) is 70.2 Å². The molecule has 0 fully saturated rings. The zero-order valence-corrected chi connectivity index (χ0v) is 13.6. The Morgan fingerprint density at radius 2 is 1.61 bits per heavy atom. The fourth-order valence-corrected chi connectivity index (χ4v) is 2.54. The van der Waals surface area contributed by atoms with E-state index in [1.54, 1.807) is 0 Å². The third-order valence-electron chi connectivity index (χ3n) is 2.65. The maximum atomic E-state index is 13.4. The van der Waals surface area contributed by atoms with Gasteiger partial charge in [0.2, 0.25) is 0 Å². The first-order valence-corrected chi connectivity index (χ1v) is 7.28. The zero-order valence-electron chi connectivity index (χ0n) is 11.3. The Balaban J connectivity index is 1.99. The SMILES string of the molecule is O=C(NNc1c(Cl)cc(Cl)cc1Cl)NC(=O)c1ccccc1F. The summed E-state index contributed by atoms with van der Waals surface area (Å²) in [7, 11) is 0. The van der Waals surface area contributed by atoms with Crippen molar-refractivity contribution in [2.45, 2.75) is 0 Å². The van der Waals surface area contributed by atoms with Gasteiger partial charge < -0.3 is 0 Å². The number of amides is 3. The molecule has 120 valence electrons. The molecule has 0 atom stereocenters. The normalized spacial score (nSPS) is 10.1. The van der Waals surface area contributed by atoms with Crippen LogP contribution in [-0.2, 0) is 0 Å². The van der Waals surface area contributed by atoms with Crippen molar-refractivity contribution in [1.82, 2.24) is 10.7 Å². The fraction of sp³-hybridized carbons (Fsp3) is 0. The van der Waals surface area contributed by atoms with Crippen molar-refractivity contribution in [3.63, 3.8) is 0 Å². The lowest BCUT2D eigenvalue weighted by Gasteiger charge is -2.12. The highest BCUT2D eigenvalue weighted by molar-refractivity contribution is 6.41. The van der Waals surface area contributed by atoms with Gasteiger partial charge in [0.1, 0.15) is 5.82 Å². The minimum absolute atomic E-state index is 0.170. The Morgan fingerprint density at radius 1 is 1.00 bits per heavy atom. The van der Waals surface area contributed by atoms with Crippen LogP contribution >= 0.6 is 34.8 Å². The quantitative estimate of drug-likeness (QED) is 0.701. The molecule has 0 aliphatic carbocycles. The second-order valence-corrected chi connectivity index (χ2v) is 5.51. The summed E-state index contributed by atoms with van der Waals surface area (Å²) in [5.41, 5.74) is 4.56. The van der Waals surface area contributed by atoms with Gasteiger partial charge in [0.25, 0.3) is 5.91 Å². The molecule has 3 amide bonds. The Bertz CT molecular complexity index is 748. The summed E-state index contributed by atoms with van der Waals surface area (Å²) < 4.78 is 13.4. The van der Waals surface area contributed by atoms with Gasteiger partial charge in [-0.2, -0.15) is 0 Å². The summed E-state index contributed by atoms with van der Waals surface area (Å²) in [5.74, 6) is -1.63. The molecule has 0 aliphatic rings.